The highest BCUT2D eigenvalue weighted by Gasteiger charge is 2.20. The minimum absolute atomic E-state index is 0.136. The van der Waals surface area contributed by atoms with Crippen LogP contribution in [0.25, 0.3) is 11.1 Å². The van der Waals surface area contributed by atoms with Crippen LogP contribution in [-0.2, 0) is 15.7 Å². The van der Waals surface area contributed by atoms with E-state index in [-0.39, 0.29) is 12.1 Å². The SMILES string of the molecule is CC.Cc1cnccc1-c1cccc(C(C)(C)NCCCNC(=O)NCCS(=O)(=O)O)c1. The summed E-state index contributed by atoms with van der Waals surface area (Å²) in [5.74, 6) is -0.506. The van der Waals surface area contributed by atoms with Gasteiger partial charge in [0.05, 0.1) is 5.75 Å². The fourth-order valence-corrected chi connectivity index (χ4v) is 3.38. The van der Waals surface area contributed by atoms with Crippen LogP contribution in [0.3, 0.4) is 0 Å². The van der Waals surface area contributed by atoms with E-state index in [9.17, 15) is 13.2 Å². The molecule has 4 N–H and O–H groups in total. The molecule has 32 heavy (non-hydrogen) atoms. The van der Waals surface area contributed by atoms with Crippen molar-refractivity contribution in [3.63, 3.8) is 0 Å². The molecule has 9 heteroatoms. The average molecular weight is 465 g/mol. The summed E-state index contributed by atoms with van der Waals surface area (Å²) in [5.41, 5.74) is 4.33. The highest BCUT2D eigenvalue weighted by atomic mass is 32.2. The number of hydrogen-bond acceptors (Lipinski definition) is 5. The van der Waals surface area contributed by atoms with E-state index in [0.29, 0.717) is 19.5 Å². The second-order valence-corrected chi connectivity index (χ2v) is 9.22. The van der Waals surface area contributed by atoms with Crippen LogP contribution in [0.5, 0.6) is 0 Å². The van der Waals surface area contributed by atoms with Gasteiger partial charge in [0.25, 0.3) is 10.1 Å². The number of amides is 2. The third-order valence-electron chi connectivity index (χ3n) is 4.77. The van der Waals surface area contributed by atoms with Gasteiger partial charge < -0.3 is 16.0 Å². The Morgan fingerprint density at radius 2 is 1.78 bits per heavy atom. The second kappa shape index (κ2) is 13.1. The molecule has 0 saturated heterocycles. The lowest BCUT2D eigenvalue weighted by atomic mass is 9.90. The quantitative estimate of drug-likeness (QED) is 0.316. The van der Waals surface area contributed by atoms with Gasteiger partial charge in [-0.15, -0.1) is 0 Å². The molecule has 0 aliphatic heterocycles. The van der Waals surface area contributed by atoms with Crippen LogP contribution >= 0.6 is 0 Å². The first-order valence-electron chi connectivity index (χ1n) is 10.8. The van der Waals surface area contributed by atoms with Gasteiger partial charge in [0, 0.05) is 31.0 Å². The van der Waals surface area contributed by atoms with E-state index < -0.39 is 21.9 Å². The maximum Gasteiger partial charge on any atom is 0.314 e. The maximum atomic E-state index is 11.6. The van der Waals surface area contributed by atoms with Gasteiger partial charge in [-0.25, -0.2) is 4.79 Å². The summed E-state index contributed by atoms with van der Waals surface area (Å²) in [6.07, 6.45) is 4.36. The van der Waals surface area contributed by atoms with Crippen LogP contribution in [0.15, 0.2) is 42.7 Å². The van der Waals surface area contributed by atoms with Crippen molar-refractivity contribution in [3.8, 4) is 11.1 Å². The van der Waals surface area contributed by atoms with E-state index in [2.05, 4.69) is 53.0 Å². The molecule has 2 aromatic rings. The molecule has 0 aliphatic carbocycles. The topological polar surface area (TPSA) is 120 Å². The standard InChI is InChI=1S/C21H30N4O4S.C2H6/c1-16-15-22-11-8-19(16)17-6-4-7-18(14-17)21(2,3)25-10-5-9-23-20(26)24-12-13-30(27,28)29;1-2/h4,6-8,11,14-15,25H,5,9-10,12-13H2,1-3H3,(H2,23,24,26)(H,27,28,29);1-2H3. The van der Waals surface area contributed by atoms with Crippen molar-refractivity contribution >= 4 is 16.1 Å². The van der Waals surface area contributed by atoms with Crippen LogP contribution in [0, 0.1) is 6.92 Å². The Kier molecular flexibility index (Phi) is 11.3. The average Bonchev–Trinajstić information content (AvgIpc) is 2.74. The number of carbonyl (C=O) groups is 1. The van der Waals surface area contributed by atoms with E-state index >= 15 is 0 Å². The smallest absolute Gasteiger partial charge is 0.314 e. The van der Waals surface area contributed by atoms with Gasteiger partial charge in [0.1, 0.15) is 0 Å². The molecule has 0 atom stereocenters. The van der Waals surface area contributed by atoms with Crippen molar-refractivity contribution in [1.82, 2.24) is 20.9 Å². The summed E-state index contributed by atoms with van der Waals surface area (Å²) in [7, 11) is -4.07. The fourth-order valence-electron chi connectivity index (χ4n) is 3.02. The highest BCUT2D eigenvalue weighted by Crippen LogP contribution is 2.27. The Labute approximate surface area is 192 Å². The number of carbonyl (C=O) groups excluding carboxylic acids is 1. The molecule has 2 rings (SSSR count). The molecule has 178 valence electrons. The van der Waals surface area contributed by atoms with Gasteiger partial charge >= 0.3 is 6.03 Å². The van der Waals surface area contributed by atoms with E-state index in [4.69, 9.17) is 4.55 Å². The van der Waals surface area contributed by atoms with Crippen molar-refractivity contribution in [3.05, 3.63) is 53.9 Å². The third kappa shape index (κ3) is 9.76. The molecular weight excluding hydrogens is 428 g/mol. The van der Waals surface area contributed by atoms with E-state index in [0.717, 1.165) is 22.3 Å². The summed E-state index contributed by atoms with van der Waals surface area (Å²) in [6.45, 7) is 11.3. The Balaban J connectivity index is 0.00000249. The minimum atomic E-state index is -4.07. The van der Waals surface area contributed by atoms with Crippen molar-refractivity contribution < 1.29 is 17.8 Å². The first-order chi connectivity index (χ1) is 15.1. The second-order valence-electron chi connectivity index (χ2n) is 7.65. The molecular formula is C23H36N4O4S. The lowest BCUT2D eigenvalue weighted by molar-refractivity contribution is 0.241. The molecule has 8 nitrogen and oxygen atoms in total. The Morgan fingerprint density at radius 3 is 2.44 bits per heavy atom. The minimum Gasteiger partial charge on any atom is -0.338 e. The largest absolute Gasteiger partial charge is 0.338 e. The van der Waals surface area contributed by atoms with Gasteiger partial charge in [-0.3, -0.25) is 9.54 Å². The number of rotatable bonds is 10. The van der Waals surface area contributed by atoms with Gasteiger partial charge in [0.15, 0.2) is 0 Å². The van der Waals surface area contributed by atoms with Crippen LogP contribution in [0.4, 0.5) is 4.79 Å². The van der Waals surface area contributed by atoms with E-state index in [1.165, 1.54) is 0 Å². The van der Waals surface area contributed by atoms with Gasteiger partial charge in [-0.1, -0.05) is 32.0 Å². The zero-order chi connectivity index (χ0) is 24.2. The first kappa shape index (κ1) is 27.5. The lowest BCUT2D eigenvalue weighted by Crippen LogP contribution is -2.41. The molecule has 2 amide bonds. The summed E-state index contributed by atoms with van der Waals surface area (Å²) < 4.78 is 29.9. The Morgan fingerprint density at radius 1 is 1.09 bits per heavy atom. The summed E-state index contributed by atoms with van der Waals surface area (Å²) in [4.78, 5) is 15.7. The van der Waals surface area contributed by atoms with Crippen molar-refractivity contribution in [2.45, 2.75) is 46.6 Å². The Bertz CT molecular complexity index is 962. The van der Waals surface area contributed by atoms with Gasteiger partial charge in [0.2, 0.25) is 0 Å². The summed E-state index contributed by atoms with van der Waals surface area (Å²) >= 11 is 0. The molecule has 0 spiro atoms. The van der Waals surface area contributed by atoms with Crippen LogP contribution in [0.1, 0.15) is 45.2 Å². The maximum absolute atomic E-state index is 11.6. The van der Waals surface area contributed by atoms with Crippen LogP contribution < -0.4 is 16.0 Å². The number of benzene rings is 1. The Hall–Kier alpha value is -2.49. The van der Waals surface area contributed by atoms with E-state index in [1.807, 2.05) is 39.1 Å². The number of pyridine rings is 1. The molecule has 0 radical (unpaired) electrons. The number of nitrogens with one attached hydrogen (secondary N) is 3. The fraction of sp³-hybridized carbons (Fsp3) is 0.478. The lowest BCUT2D eigenvalue weighted by Gasteiger charge is -2.28. The van der Waals surface area contributed by atoms with Gasteiger partial charge in [-0.05, 0) is 68.1 Å². The van der Waals surface area contributed by atoms with Crippen molar-refractivity contribution in [2.75, 3.05) is 25.4 Å². The number of aromatic nitrogens is 1. The monoisotopic (exact) mass is 464 g/mol. The molecule has 1 heterocycles. The van der Waals surface area contributed by atoms with Crippen molar-refractivity contribution in [2.24, 2.45) is 0 Å². The van der Waals surface area contributed by atoms with E-state index in [1.54, 1.807) is 6.20 Å². The molecule has 0 unspecified atom stereocenters. The van der Waals surface area contributed by atoms with Crippen molar-refractivity contribution in [1.29, 1.82) is 0 Å². The molecule has 0 bridgehead atoms. The normalized spacial score (nSPS) is 11.3. The molecule has 0 fully saturated rings. The van der Waals surface area contributed by atoms with Crippen LogP contribution in [0.2, 0.25) is 0 Å². The first-order valence-corrected chi connectivity index (χ1v) is 12.4. The number of nitrogens with zero attached hydrogens (tertiary/aromatic N) is 1. The predicted octanol–water partition coefficient (Wildman–Crippen LogP) is 3.49. The highest BCUT2D eigenvalue weighted by molar-refractivity contribution is 7.85. The zero-order valence-corrected chi connectivity index (χ0v) is 20.4. The zero-order valence-electron chi connectivity index (χ0n) is 19.6. The van der Waals surface area contributed by atoms with Gasteiger partial charge in [-0.2, -0.15) is 8.42 Å². The molecule has 1 aromatic heterocycles. The number of hydrogen-bond donors (Lipinski definition) is 4. The third-order valence-corrected chi connectivity index (χ3v) is 5.49. The molecule has 1 aromatic carbocycles. The summed E-state index contributed by atoms with van der Waals surface area (Å²) in [5, 5.41) is 8.55. The predicted molar refractivity (Wildman–Crippen MR) is 129 cm³/mol. The van der Waals surface area contributed by atoms with Crippen LogP contribution in [-0.4, -0.2) is 49.4 Å². The number of urea groups is 1. The molecule has 0 saturated carbocycles. The summed E-state index contributed by atoms with van der Waals surface area (Å²) in [6, 6.07) is 9.96. The number of aryl methyl sites for hydroxylation is 1. The molecule has 0 aliphatic rings.